The molecule has 0 aromatic heterocycles. The molecule has 2 bridgehead atoms. The molecule has 19 heteroatoms. The number of Topliss-reactive ketones (excluding diaryl/α,β-unsaturated/α-hetero) is 1. The maximum Gasteiger partial charge on any atom is 0.408 e. The molecule has 0 spiro atoms. The van der Waals surface area contributed by atoms with Crippen molar-refractivity contribution >= 4 is 34.0 Å². The molecule has 0 radical (unpaired) electrons. The zero-order valence-corrected chi connectivity index (χ0v) is 36.2. The molecule has 59 heavy (non-hydrogen) atoms. The van der Waals surface area contributed by atoms with Gasteiger partial charge < -0.3 is 49.1 Å². The molecule has 0 saturated carbocycles. The Kier molecular flexibility index (Phi) is 14.4. The highest BCUT2D eigenvalue weighted by atomic mass is 32.2. The predicted octanol–water partition coefficient (Wildman–Crippen LogP) is 2.87. The molecular formula is C40H61FN4O13S. The van der Waals surface area contributed by atoms with E-state index in [9.17, 15) is 37.1 Å². The number of hydrogen-bond acceptors (Lipinski definition) is 14. The summed E-state index contributed by atoms with van der Waals surface area (Å²) in [5.41, 5.74) is -3.18. The molecule has 2 amide bonds. The number of likely N-dealkylation sites (N-methyl/N-ethyl adjacent to an activating group) is 1. The van der Waals surface area contributed by atoms with E-state index in [0.717, 1.165) is 24.3 Å². The number of nitrogens with one attached hydrogen (secondary N) is 3. The summed E-state index contributed by atoms with van der Waals surface area (Å²) >= 11 is 0. The first-order valence-electron chi connectivity index (χ1n) is 20.3. The summed E-state index contributed by atoms with van der Waals surface area (Å²) in [6, 6.07) is 1.72. The van der Waals surface area contributed by atoms with Crippen molar-refractivity contribution in [3.05, 3.63) is 30.1 Å². The van der Waals surface area contributed by atoms with Crippen LogP contribution in [0.1, 0.15) is 74.7 Å². The summed E-state index contributed by atoms with van der Waals surface area (Å²) in [4.78, 5) is 57.2. The third-order valence-corrected chi connectivity index (χ3v) is 13.9. The number of hydrogen-bond donors (Lipinski definition) is 4. The number of aliphatic hydroxyl groups excluding tert-OH is 1. The smallest absolute Gasteiger partial charge is 0.408 e. The zero-order valence-electron chi connectivity index (χ0n) is 35.4. The fourth-order valence-electron chi connectivity index (χ4n) is 9.24. The van der Waals surface area contributed by atoms with E-state index in [0.29, 0.717) is 6.42 Å². The first kappa shape index (κ1) is 46.6. The first-order valence-corrected chi connectivity index (χ1v) is 21.7. The highest BCUT2D eigenvalue weighted by molar-refractivity contribution is 7.89. The van der Waals surface area contributed by atoms with E-state index in [1.165, 1.54) is 0 Å². The van der Waals surface area contributed by atoms with Crippen LogP contribution in [0.2, 0.25) is 0 Å². The zero-order chi connectivity index (χ0) is 43.8. The van der Waals surface area contributed by atoms with Gasteiger partial charge in [-0.1, -0.05) is 27.7 Å². The maximum atomic E-state index is 14.5. The van der Waals surface area contributed by atoms with Gasteiger partial charge in [0.05, 0.1) is 41.7 Å². The molecular weight excluding hydrogens is 796 g/mol. The molecule has 5 rings (SSSR count). The number of esters is 1. The van der Waals surface area contributed by atoms with Crippen LogP contribution in [-0.2, 0) is 48.0 Å². The second-order valence-corrected chi connectivity index (χ2v) is 19.0. The van der Waals surface area contributed by atoms with E-state index < -0.39 is 124 Å². The Morgan fingerprint density at radius 1 is 1.00 bits per heavy atom. The number of aliphatic hydroxyl groups is 1. The van der Waals surface area contributed by atoms with Gasteiger partial charge in [-0.2, -0.15) is 0 Å². The molecule has 332 valence electrons. The summed E-state index contributed by atoms with van der Waals surface area (Å²) in [5, 5.41) is 17.0. The Morgan fingerprint density at radius 2 is 1.66 bits per heavy atom. The molecule has 17 nitrogen and oxygen atoms in total. The van der Waals surface area contributed by atoms with Gasteiger partial charge in [-0.25, -0.2) is 27.1 Å². The lowest BCUT2D eigenvalue weighted by Crippen LogP contribution is -2.61. The third-order valence-electron chi connectivity index (χ3n) is 12.4. The lowest BCUT2D eigenvalue weighted by molar-refractivity contribution is -0.299. The summed E-state index contributed by atoms with van der Waals surface area (Å²) in [6.45, 7) is 12.6. The predicted molar refractivity (Wildman–Crippen MR) is 209 cm³/mol. The van der Waals surface area contributed by atoms with Gasteiger partial charge in [-0.15, -0.1) is 0 Å². The standard InChI is InChI=1S/C40H61FN4O13S/c1-11-29-40(8)33(43-38(50)58-40)22(4)30(46)20(2)17-39(7)34(56-36-31(47)28(45(9)10)16-21(3)54-36)23(5)32(24(6)35(48)55-29)53-19-26(18-42-37(49)57-39)44-59(51,52)27-14-12-25(41)13-15-27/h12-15,20-24,26,28-29,31-34,36,44,47H,11,16-19H2,1-10H3,(H,42,49)(H,43,50)/t20-,21-,22+,23+,24-,26?,28+,29-,31-,32+,33+,34-,36+,39-,40-/m1/s1. The van der Waals surface area contributed by atoms with Gasteiger partial charge >= 0.3 is 18.2 Å². The largest absolute Gasteiger partial charge is 0.458 e. The summed E-state index contributed by atoms with van der Waals surface area (Å²) in [6.07, 6.45) is -7.47. The quantitative estimate of drug-likeness (QED) is 0.229. The van der Waals surface area contributed by atoms with E-state index in [1.54, 1.807) is 48.5 Å². The van der Waals surface area contributed by atoms with Crippen molar-refractivity contribution in [1.82, 2.24) is 20.3 Å². The molecule has 4 heterocycles. The number of rotatable bonds is 7. The third kappa shape index (κ3) is 10.0. The minimum absolute atomic E-state index is 0.143. The molecule has 15 atom stereocenters. The molecule has 1 aromatic carbocycles. The van der Waals surface area contributed by atoms with Crippen LogP contribution >= 0.6 is 0 Å². The van der Waals surface area contributed by atoms with Crippen LogP contribution < -0.4 is 15.4 Å². The fourth-order valence-corrected chi connectivity index (χ4v) is 10.5. The summed E-state index contributed by atoms with van der Waals surface area (Å²) in [5.74, 6) is -5.48. The monoisotopic (exact) mass is 856 g/mol. The number of sulfonamides is 1. The Morgan fingerprint density at radius 3 is 2.29 bits per heavy atom. The lowest BCUT2D eigenvalue weighted by atomic mass is 9.73. The van der Waals surface area contributed by atoms with Gasteiger partial charge in [-0.3, -0.25) is 9.59 Å². The lowest BCUT2D eigenvalue weighted by Gasteiger charge is -2.48. The molecule has 0 aliphatic carbocycles. The van der Waals surface area contributed by atoms with Crippen LogP contribution in [0.4, 0.5) is 14.0 Å². The normalized spacial score (nSPS) is 40.4. The minimum Gasteiger partial charge on any atom is -0.458 e. The number of fused-ring (bicyclic) bond motifs is 4. The van der Waals surface area contributed by atoms with Crippen LogP contribution in [0.5, 0.6) is 0 Å². The number of cyclic esters (lactones) is 1. The maximum absolute atomic E-state index is 14.5. The Bertz CT molecular complexity index is 1810. The van der Waals surface area contributed by atoms with Crippen molar-refractivity contribution < 1.29 is 65.5 Å². The van der Waals surface area contributed by atoms with E-state index >= 15 is 0 Å². The molecule has 1 aromatic rings. The summed E-state index contributed by atoms with van der Waals surface area (Å²) in [7, 11) is -0.664. The molecule has 4 fully saturated rings. The second kappa shape index (κ2) is 18.3. The average Bonchev–Trinajstić information content (AvgIpc) is 3.47. The number of ketones is 1. The van der Waals surface area contributed by atoms with Crippen LogP contribution in [0, 0.1) is 29.5 Å². The Balaban J connectivity index is 1.65. The minimum atomic E-state index is -4.30. The van der Waals surface area contributed by atoms with Crippen molar-refractivity contribution in [2.45, 2.75) is 146 Å². The first-order chi connectivity index (χ1) is 27.5. The SMILES string of the molecule is CC[C@H]1OC(=O)[C@H](C)[C@H]2OCC(NS(=O)(=O)c3ccc(F)cc3)CNC(=O)O[C@](C)(C[C@@H](C)C(=O)[C@H](C)[C@@H]3NC(=O)O[C@]13C)[C@H](O[C@@H]1O[C@H](C)C[C@H](N(C)C)[C@H]1O)[C@H]2C. The van der Waals surface area contributed by atoms with Crippen LogP contribution in [-0.4, -0.2) is 136 Å². The number of benzene rings is 1. The number of ether oxygens (including phenoxy) is 6. The van der Waals surface area contributed by atoms with Crippen LogP contribution in [0.25, 0.3) is 0 Å². The number of carbonyl (C=O) groups excluding carboxylic acids is 4. The van der Waals surface area contributed by atoms with Gasteiger partial charge in [-0.05, 0) is 85.3 Å². The van der Waals surface area contributed by atoms with E-state index in [-0.39, 0.29) is 36.2 Å². The Labute approximate surface area is 345 Å². The topological polar surface area (TPSA) is 217 Å². The molecule has 1 unspecified atom stereocenters. The van der Waals surface area contributed by atoms with Gasteiger partial charge in [0.1, 0.15) is 35.5 Å². The number of carbonyl (C=O) groups is 4. The van der Waals surface area contributed by atoms with Gasteiger partial charge in [0.2, 0.25) is 10.0 Å². The van der Waals surface area contributed by atoms with Gasteiger partial charge in [0.25, 0.3) is 0 Å². The Hall–Kier alpha value is -3.46. The van der Waals surface area contributed by atoms with E-state index in [2.05, 4.69) is 15.4 Å². The van der Waals surface area contributed by atoms with E-state index in [4.69, 9.17) is 28.4 Å². The number of amides is 2. The number of nitrogens with zero attached hydrogens (tertiary/aromatic N) is 1. The fraction of sp³-hybridized carbons (Fsp3) is 0.750. The number of alkyl carbamates (subject to hydrolysis) is 2. The number of halogens is 1. The highest BCUT2D eigenvalue weighted by Gasteiger charge is 2.58. The van der Waals surface area contributed by atoms with Crippen LogP contribution in [0.3, 0.4) is 0 Å². The van der Waals surface area contributed by atoms with Crippen molar-refractivity contribution in [2.75, 3.05) is 27.2 Å². The molecule has 4 N–H and O–H groups in total. The van der Waals surface area contributed by atoms with Crippen molar-refractivity contribution in [3.63, 3.8) is 0 Å². The van der Waals surface area contributed by atoms with Gasteiger partial charge in [0, 0.05) is 30.3 Å². The second-order valence-electron chi connectivity index (χ2n) is 17.3. The average molecular weight is 857 g/mol. The van der Waals surface area contributed by atoms with Crippen molar-refractivity contribution in [1.29, 1.82) is 0 Å². The molecule has 4 saturated heterocycles. The molecule has 4 aliphatic heterocycles. The van der Waals surface area contributed by atoms with E-state index in [1.807, 2.05) is 25.9 Å². The summed E-state index contributed by atoms with van der Waals surface area (Å²) < 4.78 is 81.0. The highest BCUT2D eigenvalue weighted by Crippen LogP contribution is 2.42. The van der Waals surface area contributed by atoms with Gasteiger partial charge in [0.15, 0.2) is 11.9 Å². The van der Waals surface area contributed by atoms with Crippen molar-refractivity contribution in [2.24, 2.45) is 23.7 Å². The molecule has 4 aliphatic rings. The van der Waals surface area contributed by atoms with Crippen LogP contribution in [0.15, 0.2) is 29.2 Å². The van der Waals surface area contributed by atoms with Crippen molar-refractivity contribution in [3.8, 4) is 0 Å².